The summed E-state index contributed by atoms with van der Waals surface area (Å²) < 4.78 is 18.4. The number of fused-ring (bicyclic) bond motifs is 3. The Balaban J connectivity index is 1.45. The molecule has 0 saturated carbocycles. The zero-order chi connectivity index (χ0) is 21.1. The molecule has 30 heavy (non-hydrogen) atoms. The molecule has 0 spiro atoms. The molecule has 5 nitrogen and oxygen atoms in total. The normalized spacial score (nSPS) is 13.4. The lowest BCUT2D eigenvalue weighted by Crippen LogP contribution is -2.44. The van der Waals surface area contributed by atoms with Gasteiger partial charge in [-0.1, -0.05) is 60.7 Å². The van der Waals surface area contributed by atoms with Crippen molar-refractivity contribution in [3.05, 3.63) is 95.3 Å². The van der Waals surface area contributed by atoms with E-state index in [0.717, 1.165) is 22.3 Å². The minimum atomic E-state index is -1.51. The van der Waals surface area contributed by atoms with Crippen molar-refractivity contribution in [1.82, 2.24) is 5.32 Å². The van der Waals surface area contributed by atoms with E-state index in [1.807, 2.05) is 48.5 Å². The van der Waals surface area contributed by atoms with Crippen LogP contribution in [-0.2, 0) is 20.9 Å². The van der Waals surface area contributed by atoms with Gasteiger partial charge in [0.15, 0.2) is 0 Å². The second kappa shape index (κ2) is 8.47. The minimum Gasteiger partial charge on any atom is -0.480 e. The van der Waals surface area contributed by atoms with E-state index in [1.165, 1.54) is 24.3 Å². The van der Waals surface area contributed by atoms with Crippen molar-refractivity contribution in [3.8, 4) is 11.1 Å². The van der Waals surface area contributed by atoms with Crippen LogP contribution in [-0.4, -0.2) is 29.7 Å². The highest BCUT2D eigenvalue weighted by Crippen LogP contribution is 2.44. The van der Waals surface area contributed by atoms with Crippen molar-refractivity contribution >= 4 is 11.9 Å². The van der Waals surface area contributed by atoms with Crippen LogP contribution in [0.15, 0.2) is 72.8 Å². The molecule has 0 bridgehead atoms. The molecular formula is C24H20FNO4. The van der Waals surface area contributed by atoms with E-state index in [9.17, 15) is 19.1 Å². The van der Waals surface area contributed by atoms with Gasteiger partial charge in [-0.3, -0.25) is 5.32 Å². The summed E-state index contributed by atoms with van der Waals surface area (Å²) in [5.41, 5.74) is 4.96. The van der Waals surface area contributed by atoms with Crippen LogP contribution in [0.5, 0.6) is 0 Å². The molecule has 0 heterocycles. The molecule has 0 radical (unpaired) electrons. The number of ether oxygens (including phenoxy) is 1. The summed E-state index contributed by atoms with van der Waals surface area (Å²) in [7, 11) is 0. The average molecular weight is 405 g/mol. The zero-order valence-corrected chi connectivity index (χ0v) is 16.0. The van der Waals surface area contributed by atoms with Gasteiger partial charge in [0.25, 0.3) is 0 Å². The number of benzene rings is 3. The molecule has 152 valence electrons. The van der Waals surface area contributed by atoms with Gasteiger partial charge in [-0.25, -0.2) is 14.0 Å². The van der Waals surface area contributed by atoms with Crippen molar-refractivity contribution in [3.63, 3.8) is 0 Å². The number of halogens is 1. The molecule has 1 aliphatic rings. The summed E-state index contributed by atoms with van der Waals surface area (Å²) in [6, 6.07) is 19.9. The second-order valence-electron chi connectivity index (χ2n) is 7.14. The Morgan fingerprint density at radius 2 is 1.50 bits per heavy atom. The van der Waals surface area contributed by atoms with Crippen LogP contribution in [0.3, 0.4) is 0 Å². The number of aliphatic carboxylic acids is 1. The minimum absolute atomic E-state index is 0.0505. The lowest BCUT2D eigenvalue weighted by Gasteiger charge is -2.17. The SMILES string of the molecule is O=C(O)C(NCc1ccc(F)cc1)C(=O)OCC1c2ccccc2-c2ccccc21. The predicted octanol–water partition coefficient (Wildman–Crippen LogP) is 3.72. The lowest BCUT2D eigenvalue weighted by molar-refractivity contribution is -0.155. The van der Waals surface area contributed by atoms with E-state index in [4.69, 9.17) is 4.74 Å². The first-order valence-electron chi connectivity index (χ1n) is 9.60. The summed E-state index contributed by atoms with van der Waals surface area (Å²) in [6.45, 7) is 0.149. The maximum absolute atomic E-state index is 13.0. The summed E-state index contributed by atoms with van der Waals surface area (Å²) >= 11 is 0. The Kier molecular flexibility index (Phi) is 5.59. The molecule has 0 saturated heterocycles. The summed E-state index contributed by atoms with van der Waals surface area (Å²) in [5, 5.41) is 12.1. The molecule has 2 N–H and O–H groups in total. The molecule has 0 aliphatic heterocycles. The van der Waals surface area contributed by atoms with Gasteiger partial charge < -0.3 is 9.84 Å². The van der Waals surface area contributed by atoms with E-state index in [0.29, 0.717) is 5.56 Å². The summed E-state index contributed by atoms with van der Waals surface area (Å²) in [4.78, 5) is 24.1. The van der Waals surface area contributed by atoms with Gasteiger partial charge in [0.1, 0.15) is 12.4 Å². The van der Waals surface area contributed by atoms with E-state index in [1.54, 1.807) is 0 Å². The van der Waals surface area contributed by atoms with Crippen LogP contribution in [0.4, 0.5) is 4.39 Å². The van der Waals surface area contributed by atoms with Gasteiger partial charge in [0.05, 0.1) is 0 Å². The van der Waals surface area contributed by atoms with E-state index in [-0.39, 0.29) is 24.9 Å². The number of nitrogens with one attached hydrogen (secondary N) is 1. The zero-order valence-electron chi connectivity index (χ0n) is 16.0. The Bertz CT molecular complexity index is 1040. The summed E-state index contributed by atoms with van der Waals surface area (Å²) in [5.74, 6) is -2.71. The fraction of sp³-hybridized carbons (Fsp3) is 0.167. The van der Waals surface area contributed by atoms with E-state index < -0.39 is 18.0 Å². The first-order valence-corrected chi connectivity index (χ1v) is 9.60. The molecule has 1 atom stereocenters. The van der Waals surface area contributed by atoms with Gasteiger partial charge in [-0.15, -0.1) is 0 Å². The molecule has 0 aromatic heterocycles. The van der Waals surface area contributed by atoms with Crippen LogP contribution in [0.1, 0.15) is 22.6 Å². The van der Waals surface area contributed by atoms with Crippen LogP contribution in [0.2, 0.25) is 0 Å². The lowest BCUT2D eigenvalue weighted by atomic mass is 9.98. The molecule has 3 aromatic rings. The number of carbonyl (C=O) groups excluding carboxylic acids is 1. The molecule has 4 rings (SSSR count). The molecule has 0 fully saturated rings. The third kappa shape index (κ3) is 3.95. The highest BCUT2D eigenvalue weighted by Gasteiger charge is 2.32. The van der Waals surface area contributed by atoms with Gasteiger partial charge >= 0.3 is 11.9 Å². The van der Waals surface area contributed by atoms with E-state index >= 15 is 0 Å². The molecular weight excluding hydrogens is 385 g/mol. The average Bonchev–Trinajstić information content (AvgIpc) is 3.07. The van der Waals surface area contributed by atoms with Crippen molar-refractivity contribution in [2.75, 3.05) is 6.61 Å². The monoisotopic (exact) mass is 405 g/mol. The molecule has 1 unspecified atom stereocenters. The second-order valence-corrected chi connectivity index (χ2v) is 7.14. The molecule has 6 heteroatoms. The van der Waals surface area contributed by atoms with Crippen molar-refractivity contribution < 1.29 is 23.8 Å². The molecule has 1 aliphatic carbocycles. The highest BCUT2D eigenvalue weighted by molar-refractivity contribution is 5.98. The Morgan fingerprint density at radius 3 is 2.07 bits per heavy atom. The maximum atomic E-state index is 13.0. The molecule has 0 amide bonds. The van der Waals surface area contributed by atoms with Crippen molar-refractivity contribution in [2.24, 2.45) is 0 Å². The van der Waals surface area contributed by atoms with Gasteiger partial charge in [-0.05, 0) is 39.9 Å². The van der Waals surface area contributed by atoms with E-state index in [2.05, 4.69) is 5.32 Å². The standard InChI is InChI=1S/C24H20FNO4/c25-16-11-9-15(10-12-16)13-26-22(23(27)28)24(29)30-14-21-19-7-3-1-5-17(19)18-6-2-4-8-20(18)21/h1-12,21-22,26H,13-14H2,(H,27,28). The smallest absolute Gasteiger partial charge is 0.334 e. The fourth-order valence-corrected chi connectivity index (χ4v) is 3.78. The number of hydrogen-bond donors (Lipinski definition) is 2. The van der Waals surface area contributed by atoms with Gasteiger partial charge in [-0.2, -0.15) is 0 Å². The number of hydrogen-bond acceptors (Lipinski definition) is 4. The Labute approximate surface area is 173 Å². The summed E-state index contributed by atoms with van der Waals surface area (Å²) in [6.07, 6.45) is 0. The number of carboxylic acid groups (broad SMARTS) is 1. The van der Waals surface area contributed by atoms with Gasteiger partial charge in [0, 0.05) is 12.5 Å². The van der Waals surface area contributed by atoms with Crippen LogP contribution >= 0.6 is 0 Å². The van der Waals surface area contributed by atoms with Crippen LogP contribution in [0.25, 0.3) is 11.1 Å². The first kappa shape index (κ1) is 19.8. The topological polar surface area (TPSA) is 75.6 Å². The fourth-order valence-electron chi connectivity index (χ4n) is 3.78. The Hall–Kier alpha value is -3.51. The van der Waals surface area contributed by atoms with Crippen molar-refractivity contribution in [1.29, 1.82) is 0 Å². The van der Waals surface area contributed by atoms with Crippen LogP contribution in [0, 0.1) is 5.82 Å². The van der Waals surface area contributed by atoms with Crippen LogP contribution < -0.4 is 5.32 Å². The number of esters is 1. The highest BCUT2D eigenvalue weighted by atomic mass is 19.1. The number of carboxylic acids is 1. The number of rotatable bonds is 7. The first-order chi connectivity index (χ1) is 14.5. The Morgan fingerprint density at radius 1 is 0.933 bits per heavy atom. The predicted molar refractivity (Wildman–Crippen MR) is 109 cm³/mol. The largest absolute Gasteiger partial charge is 0.480 e. The third-order valence-electron chi connectivity index (χ3n) is 5.26. The number of carbonyl (C=O) groups is 2. The quantitative estimate of drug-likeness (QED) is 0.463. The third-order valence-corrected chi connectivity index (χ3v) is 5.26. The molecule has 3 aromatic carbocycles. The van der Waals surface area contributed by atoms with Crippen molar-refractivity contribution in [2.45, 2.75) is 18.5 Å². The maximum Gasteiger partial charge on any atom is 0.334 e. The van der Waals surface area contributed by atoms with Gasteiger partial charge in [0.2, 0.25) is 6.04 Å².